The van der Waals surface area contributed by atoms with Gasteiger partial charge in [0.1, 0.15) is 5.82 Å². The van der Waals surface area contributed by atoms with Crippen LogP contribution in [0.4, 0.5) is 4.39 Å². The summed E-state index contributed by atoms with van der Waals surface area (Å²) >= 11 is 0. The number of allylic oxidation sites excluding steroid dienone is 2. The topological polar surface area (TPSA) is 70.1 Å². The number of halogens is 1. The third-order valence-electron chi connectivity index (χ3n) is 5.84. The fourth-order valence-corrected chi connectivity index (χ4v) is 3.92. The molecule has 2 N–H and O–H groups in total. The molecule has 0 spiro atoms. The first-order valence-corrected chi connectivity index (χ1v) is 11.7. The van der Waals surface area contributed by atoms with Gasteiger partial charge in [-0.05, 0) is 60.2 Å². The van der Waals surface area contributed by atoms with Crippen LogP contribution in [-0.2, 0) is 11.3 Å². The Hall–Kier alpha value is -4.17. The molecule has 0 fully saturated rings. The van der Waals surface area contributed by atoms with Crippen LogP contribution in [0.2, 0.25) is 0 Å². The van der Waals surface area contributed by atoms with E-state index < -0.39 is 0 Å². The molecule has 4 nitrogen and oxygen atoms in total. The zero-order valence-electron chi connectivity index (χ0n) is 20.2. The number of hydrogen-bond donors (Lipinski definition) is 1. The molecule has 0 bridgehead atoms. The fraction of sp³-hybridized carbons (Fsp3) is 0.200. The number of carbonyl (C=O) groups excluding carboxylic acids is 1. The van der Waals surface area contributed by atoms with Gasteiger partial charge in [0.05, 0.1) is 23.8 Å². The lowest BCUT2D eigenvalue weighted by Crippen LogP contribution is -2.31. The van der Waals surface area contributed by atoms with Crippen LogP contribution < -0.4 is 5.73 Å². The predicted molar refractivity (Wildman–Crippen MR) is 139 cm³/mol. The summed E-state index contributed by atoms with van der Waals surface area (Å²) < 4.78 is 13.5. The van der Waals surface area contributed by atoms with Gasteiger partial charge in [-0.2, -0.15) is 5.26 Å². The van der Waals surface area contributed by atoms with E-state index in [0.717, 1.165) is 29.5 Å². The molecule has 3 aromatic carbocycles. The lowest BCUT2D eigenvalue weighted by Gasteiger charge is -2.27. The fourth-order valence-electron chi connectivity index (χ4n) is 3.92. The smallest absolute Gasteiger partial charge is 0.260 e. The maximum Gasteiger partial charge on any atom is 0.260 e. The molecule has 0 atom stereocenters. The summed E-state index contributed by atoms with van der Waals surface area (Å²) in [7, 11) is 0. The van der Waals surface area contributed by atoms with Gasteiger partial charge in [-0.3, -0.25) is 4.79 Å². The molecule has 0 aromatic heterocycles. The summed E-state index contributed by atoms with van der Waals surface area (Å²) in [5, 5.41) is 9.41. The van der Waals surface area contributed by atoms with Gasteiger partial charge < -0.3 is 10.6 Å². The molecule has 178 valence electrons. The van der Waals surface area contributed by atoms with Gasteiger partial charge in [0, 0.05) is 11.4 Å². The van der Waals surface area contributed by atoms with Crippen molar-refractivity contribution < 1.29 is 9.18 Å². The highest BCUT2D eigenvalue weighted by Gasteiger charge is 2.24. The van der Waals surface area contributed by atoms with Crippen molar-refractivity contribution in [3.63, 3.8) is 0 Å². The second-order valence-electron chi connectivity index (χ2n) is 8.48. The number of unbranched alkanes of at least 4 members (excludes halogenated alkanes) is 1. The second kappa shape index (κ2) is 11.8. The average Bonchev–Trinajstić information content (AvgIpc) is 2.87. The van der Waals surface area contributed by atoms with E-state index in [1.165, 1.54) is 12.1 Å². The van der Waals surface area contributed by atoms with Crippen LogP contribution in [0.3, 0.4) is 0 Å². The lowest BCUT2D eigenvalue weighted by atomic mass is 9.98. The third kappa shape index (κ3) is 6.24. The number of benzene rings is 3. The largest absolute Gasteiger partial charge is 0.402 e. The number of rotatable bonds is 9. The SMILES string of the molecule is C=C(CCCC)N(Cc1ccc(-c2ccccc2C#N)cc1)C(=O)/C(=C(/C)N)c1ccc(F)cc1. The van der Waals surface area contributed by atoms with Crippen LogP contribution in [0, 0.1) is 17.1 Å². The second-order valence-corrected chi connectivity index (χ2v) is 8.48. The number of amides is 1. The molecule has 0 aliphatic carbocycles. The maximum atomic E-state index is 13.7. The van der Waals surface area contributed by atoms with E-state index in [0.29, 0.717) is 41.1 Å². The van der Waals surface area contributed by atoms with Gasteiger partial charge in [-0.1, -0.05) is 74.5 Å². The van der Waals surface area contributed by atoms with Gasteiger partial charge in [0.25, 0.3) is 5.91 Å². The van der Waals surface area contributed by atoms with Gasteiger partial charge in [-0.25, -0.2) is 4.39 Å². The first-order chi connectivity index (χ1) is 16.8. The lowest BCUT2D eigenvalue weighted by molar-refractivity contribution is -0.123. The molecule has 35 heavy (non-hydrogen) atoms. The Kier molecular flexibility index (Phi) is 8.58. The Morgan fingerprint density at radius 2 is 1.71 bits per heavy atom. The number of nitriles is 1. The summed E-state index contributed by atoms with van der Waals surface area (Å²) in [6.07, 6.45) is 2.56. The number of nitrogens with two attached hydrogens (primary N) is 1. The Bertz CT molecular complexity index is 1260. The van der Waals surface area contributed by atoms with Crippen LogP contribution >= 0.6 is 0 Å². The van der Waals surface area contributed by atoms with E-state index in [1.807, 2.05) is 42.5 Å². The molecular weight excluding hydrogens is 437 g/mol. The van der Waals surface area contributed by atoms with Crippen molar-refractivity contribution in [2.45, 2.75) is 39.7 Å². The van der Waals surface area contributed by atoms with E-state index in [2.05, 4.69) is 19.6 Å². The molecule has 0 radical (unpaired) electrons. The van der Waals surface area contributed by atoms with Gasteiger partial charge in [0.15, 0.2) is 0 Å². The highest BCUT2D eigenvalue weighted by molar-refractivity contribution is 6.20. The quantitative estimate of drug-likeness (QED) is 0.352. The minimum absolute atomic E-state index is 0.267. The van der Waals surface area contributed by atoms with Crippen molar-refractivity contribution in [2.75, 3.05) is 0 Å². The van der Waals surface area contributed by atoms with Crippen LogP contribution in [0.25, 0.3) is 16.7 Å². The highest BCUT2D eigenvalue weighted by atomic mass is 19.1. The van der Waals surface area contributed by atoms with E-state index in [9.17, 15) is 14.4 Å². The van der Waals surface area contributed by atoms with Crippen molar-refractivity contribution in [3.05, 3.63) is 113 Å². The molecular formula is C30H30FN3O. The van der Waals surface area contributed by atoms with Gasteiger partial charge in [0.2, 0.25) is 0 Å². The highest BCUT2D eigenvalue weighted by Crippen LogP contribution is 2.27. The maximum absolute atomic E-state index is 13.7. The monoisotopic (exact) mass is 467 g/mol. The standard InChI is InChI=1S/C30H30FN3O/c1-4-5-8-21(2)34(30(35)29(22(3)33)25-15-17-27(31)18-16-25)20-23-11-13-24(14-12-23)28-10-7-6-9-26(28)19-32/h6-7,9-18H,2,4-5,8,20,33H2,1,3H3/b29-22-. The van der Waals surface area contributed by atoms with E-state index in [1.54, 1.807) is 30.0 Å². The van der Waals surface area contributed by atoms with Crippen molar-refractivity contribution in [1.82, 2.24) is 4.90 Å². The van der Waals surface area contributed by atoms with E-state index >= 15 is 0 Å². The molecule has 1 amide bonds. The Morgan fingerprint density at radius 3 is 2.31 bits per heavy atom. The van der Waals surface area contributed by atoms with Crippen molar-refractivity contribution in [1.29, 1.82) is 5.26 Å². The molecule has 0 saturated carbocycles. The van der Waals surface area contributed by atoms with Crippen molar-refractivity contribution >= 4 is 11.5 Å². The molecule has 0 aliphatic rings. The van der Waals surface area contributed by atoms with E-state index in [4.69, 9.17) is 5.73 Å². The predicted octanol–water partition coefficient (Wildman–Crippen LogP) is 6.79. The van der Waals surface area contributed by atoms with Gasteiger partial charge >= 0.3 is 0 Å². The summed E-state index contributed by atoms with van der Waals surface area (Å²) in [4.78, 5) is 15.4. The molecule has 5 heteroatoms. The summed E-state index contributed by atoms with van der Waals surface area (Å²) in [5.41, 5.74) is 11.4. The molecule has 0 heterocycles. The average molecular weight is 468 g/mol. The molecule has 0 saturated heterocycles. The van der Waals surface area contributed by atoms with Crippen LogP contribution in [0.5, 0.6) is 0 Å². The molecule has 0 aliphatic heterocycles. The molecule has 3 aromatic rings. The van der Waals surface area contributed by atoms with Crippen molar-refractivity contribution in [2.24, 2.45) is 5.73 Å². The zero-order chi connectivity index (χ0) is 25.4. The summed E-state index contributed by atoms with van der Waals surface area (Å²) in [6, 6.07) is 23.3. The third-order valence-corrected chi connectivity index (χ3v) is 5.84. The minimum Gasteiger partial charge on any atom is -0.402 e. The first kappa shape index (κ1) is 25.5. The molecule has 3 rings (SSSR count). The molecule has 0 unspecified atom stereocenters. The Labute approximate surface area is 206 Å². The number of nitrogens with zero attached hydrogens (tertiary/aromatic N) is 2. The van der Waals surface area contributed by atoms with Crippen LogP contribution in [-0.4, -0.2) is 10.8 Å². The number of hydrogen-bond acceptors (Lipinski definition) is 3. The Balaban J connectivity index is 1.93. The summed E-state index contributed by atoms with van der Waals surface area (Å²) in [5.74, 6) is -0.644. The minimum atomic E-state index is -0.377. The Morgan fingerprint density at radius 1 is 1.06 bits per heavy atom. The normalized spacial score (nSPS) is 11.4. The summed E-state index contributed by atoms with van der Waals surface area (Å²) in [6.45, 7) is 8.27. The number of carbonyl (C=O) groups is 1. The van der Waals surface area contributed by atoms with Crippen LogP contribution in [0.1, 0.15) is 49.8 Å². The zero-order valence-corrected chi connectivity index (χ0v) is 20.2. The van der Waals surface area contributed by atoms with Crippen LogP contribution in [0.15, 0.2) is 90.8 Å². The van der Waals surface area contributed by atoms with E-state index in [-0.39, 0.29) is 11.7 Å². The first-order valence-electron chi connectivity index (χ1n) is 11.7. The van der Waals surface area contributed by atoms with Crippen molar-refractivity contribution in [3.8, 4) is 17.2 Å². The van der Waals surface area contributed by atoms with Gasteiger partial charge in [-0.15, -0.1) is 0 Å².